The van der Waals surface area contributed by atoms with Crippen LogP contribution in [0.3, 0.4) is 0 Å². The standard InChI is InChI=1S/C19H14F3N5/c20-15-5-3-13(4-6-15)18-19(27(12-26-18)11-17(21)22)14-2-1-7-24-10-16(8-23)25-9-14/h1,3-7,9-10,12,17H,2,11H2. The van der Waals surface area contributed by atoms with E-state index in [1.165, 1.54) is 53.8 Å². The molecular weight excluding hydrogens is 355 g/mol. The van der Waals surface area contributed by atoms with Gasteiger partial charge in [-0.05, 0) is 30.7 Å². The molecule has 0 spiro atoms. The number of hydrogen-bond acceptors (Lipinski definition) is 4. The summed E-state index contributed by atoms with van der Waals surface area (Å²) in [5, 5.41) is 9.07. The lowest BCUT2D eigenvalue weighted by Gasteiger charge is -2.12. The van der Waals surface area contributed by atoms with E-state index < -0.39 is 18.8 Å². The summed E-state index contributed by atoms with van der Waals surface area (Å²) in [6.07, 6.45) is 5.10. The highest BCUT2D eigenvalue weighted by molar-refractivity contribution is 6.38. The Kier molecular flexibility index (Phi) is 5.61. The van der Waals surface area contributed by atoms with Crippen molar-refractivity contribution in [1.29, 1.82) is 5.26 Å². The highest BCUT2D eigenvalue weighted by atomic mass is 19.3. The largest absolute Gasteiger partial charge is 0.325 e. The van der Waals surface area contributed by atoms with Crippen LogP contribution in [0.5, 0.6) is 0 Å². The Bertz CT molecular complexity index is 976. The van der Waals surface area contributed by atoms with E-state index in [-0.39, 0.29) is 5.71 Å². The summed E-state index contributed by atoms with van der Waals surface area (Å²) >= 11 is 0. The molecule has 0 saturated heterocycles. The first-order valence-corrected chi connectivity index (χ1v) is 8.03. The van der Waals surface area contributed by atoms with Gasteiger partial charge in [0.25, 0.3) is 6.43 Å². The molecule has 0 aliphatic carbocycles. The zero-order chi connectivity index (χ0) is 19.2. The summed E-state index contributed by atoms with van der Waals surface area (Å²) in [7, 11) is 0. The highest BCUT2D eigenvalue weighted by Gasteiger charge is 2.19. The Hall–Kier alpha value is -3.47. The van der Waals surface area contributed by atoms with Gasteiger partial charge in [0.1, 0.15) is 11.9 Å². The van der Waals surface area contributed by atoms with Gasteiger partial charge in [0, 0.05) is 23.5 Å². The molecule has 0 atom stereocenters. The summed E-state index contributed by atoms with van der Waals surface area (Å²) < 4.78 is 40.7. The van der Waals surface area contributed by atoms with Crippen LogP contribution in [0.1, 0.15) is 12.1 Å². The quantitative estimate of drug-likeness (QED) is 0.809. The summed E-state index contributed by atoms with van der Waals surface area (Å²) in [4.78, 5) is 12.3. The molecule has 3 rings (SSSR count). The average molecular weight is 369 g/mol. The number of halogens is 3. The second-order valence-corrected chi connectivity index (χ2v) is 5.64. The van der Waals surface area contributed by atoms with E-state index in [2.05, 4.69) is 15.0 Å². The van der Waals surface area contributed by atoms with Gasteiger partial charge >= 0.3 is 0 Å². The van der Waals surface area contributed by atoms with Crippen LogP contribution >= 0.6 is 0 Å². The van der Waals surface area contributed by atoms with Crippen molar-refractivity contribution in [2.75, 3.05) is 0 Å². The van der Waals surface area contributed by atoms with Crippen LogP contribution < -0.4 is 0 Å². The maximum Gasteiger partial charge on any atom is 0.256 e. The minimum absolute atomic E-state index is 0.0855. The topological polar surface area (TPSA) is 66.3 Å². The molecule has 27 heavy (non-hydrogen) atoms. The molecule has 1 aliphatic rings. The second-order valence-electron chi connectivity index (χ2n) is 5.64. The summed E-state index contributed by atoms with van der Waals surface area (Å²) in [5.41, 5.74) is 2.13. The van der Waals surface area contributed by atoms with E-state index in [0.717, 1.165) is 0 Å². The molecule has 1 aliphatic heterocycles. The molecule has 0 saturated carbocycles. The first kappa shape index (κ1) is 18.3. The maximum atomic E-state index is 13.3. The van der Waals surface area contributed by atoms with E-state index in [0.29, 0.717) is 28.9 Å². The maximum absolute atomic E-state index is 13.3. The smallest absolute Gasteiger partial charge is 0.256 e. The number of allylic oxidation sites excluding steroid dienone is 2. The molecule has 2 heterocycles. The lowest BCUT2D eigenvalue weighted by atomic mass is 10.0. The Morgan fingerprint density at radius 2 is 2.00 bits per heavy atom. The number of nitriles is 1. The van der Waals surface area contributed by atoms with Crippen LogP contribution in [0.15, 0.2) is 59.1 Å². The second kappa shape index (κ2) is 8.27. The molecule has 0 unspecified atom stereocenters. The molecule has 0 radical (unpaired) electrons. The Labute approximate surface area is 153 Å². The molecule has 1 aromatic heterocycles. The van der Waals surface area contributed by atoms with E-state index in [9.17, 15) is 13.2 Å². The normalized spacial score (nSPS) is 14.2. The number of rotatable bonds is 4. The number of alkyl halides is 2. The zero-order valence-corrected chi connectivity index (χ0v) is 14.1. The van der Waals surface area contributed by atoms with Gasteiger partial charge in [0.15, 0.2) is 5.71 Å². The first-order chi connectivity index (χ1) is 13.1. The predicted molar refractivity (Wildman–Crippen MR) is 96.9 cm³/mol. The molecule has 2 aromatic rings. The Morgan fingerprint density at radius 3 is 2.70 bits per heavy atom. The minimum Gasteiger partial charge on any atom is -0.325 e. The molecule has 0 bridgehead atoms. The Balaban J connectivity index is 2.15. The fourth-order valence-electron chi connectivity index (χ4n) is 2.63. The van der Waals surface area contributed by atoms with E-state index in [1.54, 1.807) is 6.08 Å². The lowest BCUT2D eigenvalue weighted by molar-refractivity contribution is 0.126. The van der Waals surface area contributed by atoms with Crippen molar-refractivity contribution in [1.82, 2.24) is 9.55 Å². The van der Waals surface area contributed by atoms with E-state index in [1.807, 2.05) is 6.07 Å². The number of imidazole rings is 1. The van der Waals surface area contributed by atoms with Crippen molar-refractivity contribution in [3.8, 4) is 17.3 Å². The van der Waals surface area contributed by atoms with Gasteiger partial charge in [-0.3, -0.25) is 4.99 Å². The molecule has 136 valence electrons. The number of benzene rings is 1. The van der Waals surface area contributed by atoms with Crippen molar-refractivity contribution in [3.63, 3.8) is 0 Å². The van der Waals surface area contributed by atoms with Crippen molar-refractivity contribution >= 4 is 17.5 Å². The molecule has 5 nitrogen and oxygen atoms in total. The third-order valence-corrected chi connectivity index (χ3v) is 3.79. The molecule has 0 amide bonds. The van der Waals surface area contributed by atoms with Gasteiger partial charge in [-0.25, -0.2) is 23.1 Å². The predicted octanol–water partition coefficient (Wildman–Crippen LogP) is 4.25. The number of aliphatic imine (C=N–C) groups is 2. The number of hydrogen-bond donors (Lipinski definition) is 0. The van der Waals surface area contributed by atoms with Gasteiger partial charge in [-0.1, -0.05) is 6.08 Å². The summed E-state index contributed by atoms with van der Waals surface area (Å²) in [6, 6.07) is 7.53. The minimum atomic E-state index is -2.58. The average Bonchev–Trinajstić information content (AvgIpc) is 3.09. The molecule has 8 heteroatoms. The summed E-state index contributed by atoms with van der Waals surface area (Å²) in [5.74, 6) is -0.405. The van der Waals surface area contributed by atoms with Gasteiger partial charge < -0.3 is 4.57 Å². The van der Waals surface area contributed by atoms with Gasteiger partial charge in [-0.15, -0.1) is 0 Å². The van der Waals surface area contributed by atoms with Crippen LogP contribution in [0, 0.1) is 17.1 Å². The van der Waals surface area contributed by atoms with Crippen molar-refractivity contribution in [3.05, 3.63) is 60.6 Å². The molecular formula is C19H14F3N5. The van der Waals surface area contributed by atoms with Gasteiger partial charge in [-0.2, -0.15) is 5.26 Å². The fourth-order valence-corrected chi connectivity index (χ4v) is 2.63. The fraction of sp³-hybridized carbons (Fsp3) is 0.158. The van der Waals surface area contributed by atoms with Crippen LogP contribution in [-0.4, -0.2) is 27.9 Å². The number of nitrogens with zero attached hydrogens (tertiary/aromatic N) is 5. The zero-order valence-electron chi connectivity index (χ0n) is 14.1. The molecule has 0 N–H and O–H groups in total. The molecule has 1 aromatic carbocycles. The van der Waals surface area contributed by atoms with Crippen LogP contribution in [0.25, 0.3) is 16.8 Å². The lowest BCUT2D eigenvalue weighted by Crippen LogP contribution is -2.09. The molecule has 0 fully saturated rings. The van der Waals surface area contributed by atoms with Crippen LogP contribution in [0.2, 0.25) is 0 Å². The van der Waals surface area contributed by atoms with Crippen molar-refractivity contribution in [2.45, 2.75) is 19.4 Å². The van der Waals surface area contributed by atoms with Gasteiger partial charge in [0.2, 0.25) is 0 Å². The van der Waals surface area contributed by atoms with E-state index >= 15 is 0 Å². The monoisotopic (exact) mass is 369 g/mol. The first-order valence-electron chi connectivity index (χ1n) is 8.03. The van der Waals surface area contributed by atoms with Crippen LogP contribution in [0.4, 0.5) is 13.2 Å². The van der Waals surface area contributed by atoms with Crippen LogP contribution in [-0.2, 0) is 6.54 Å². The SMILES string of the molecule is N#CC1=NC=C(c2c(-c3ccc(F)cc3)ncn2CC(F)F)CC=CN=C1. The third-order valence-electron chi connectivity index (χ3n) is 3.79. The van der Waals surface area contributed by atoms with Gasteiger partial charge in [0.05, 0.1) is 30.5 Å². The Morgan fingerprint density at radius 1 is 1.22 bits per heavy atom. The third kappa shape index (κ3) is 4.39. The number of aromatic nitrogens is 2. The van der Waals surface area contributed by atoms with Crippen molar-refractivity contribution in [2.24, 2.45) is 9.98 Å². The van der Waals surface area contributed by atoms with Crippen molar-refractivity contribution < 1.29 is 13.2 Å². The van der Waals surface area contributed by atoms with E-state index in [4.69, 9.17) is 5.26 Å². The summed E-state index contributed by atoms with van der Waals surface area (Å²) in [6.45, 7) is -0.546. The highest BCUT2D eigenvalue weighted by Crippen LogP contribution is 2.31.